The van der Waals surface area contributed by atoms with Crippen molar-refractivity contribution in [1.82, 2.24) is 14.9 Å². The molecule has 2 aromatic rings. The van der Waals surface area contributed by atoms with Crippen molar-refractivity contribution in [3.63, 3.8) is 0 Å². The van der Waals surface area contributed by atoms with Crippen molar-refractivity contribution >= 4 is 15.7 Å². The van der Waals surface area contributed by atoms with E-state index in [0.717, 1.165) is 18.5 Å². The predicted molar refractivity (Wildman–Crippen MR) is 79.1 cm³/mol. The van der Waals surface area contributed by atoms with Gasteiger partial charge in [0.1, 0.15) is 4.90 Å². The first kappa shape index (κ1) is 14.0. The molecule has 7 heteroatoms. The number of nitrogens with zero attached hydrogens (tertiary/aromatic N) is 2. The van der Waals surface area contributed by atoms with Gasteiger partial charge in [0, 0.05) is 12.2 Å². The Hall–Kier alpha value is -1.99. The summed E-state index contributed by atoms with van der Waals surface area (Å²) in [4.78, 5) is 0.265. The number of aromatic nitrogens is 2. The van der Waals surface area contributed by atoms with Gasteiger partial charge in [0.05, 0.1) is 17.9 Å². The second kappa shape index (κ2) is 5.79. The fourth-order valence-corrected chi connectivity index (χ4v) is 3.43. The largest absolute Gasteiger partial charge is 0.378 e. The first-order chi connectivity index (χ1) is 10.1. The zero-order valence-corrected chi connectivity index (χ0v) is 12.2. The number of benzene rings is 1. The van der Waals surface area contributed by atoms with E-state index in [1.165, 1.54) is 0 Å². The van der Waals surface area contributed by atoms with Crippen LogP contribution in [0.4, 0.5) is 5.69 Å². The van der Waals surface area contributed by atoms with Crippen molar-refractivity contribution in [2.45, 2.75) is 30.3 Å². The standard InChI is InChI=1S/C14H16N4O2S/c19-21(20,18-11-7-8-11)14-6-2-1-5-13(14)15-10-12-4-3-9-16-17-12/h1-6,9,11,15,18H,7-8,10H2. The number of nitrogens with one attached hydrogen (secondary N) is 2. The van der Waals surface area contributed by atoms with Gasteiger partial charge in [0.2, 0.25) is 10.0 Å². The Bertz CT molecular complexity index is 715. The summed E-state index contributed by atoms with van der Waals surface area (Å²) in [6, 6.07) is 10.6. The van der Waals surface area contributed by atoms with Gasteiger partial charge < -0.3 is 5.32 Å². The Labute approximate surface area is 123 Å². The third kappa shape index (κ3) is 3.56. The van der Waals surface area contributed by atoms with E-state index in [1.54, 1.807) is 36.5 Å². The third-order valence-corrected chi connectivity index (χ3v) is 4.74. The van der Waals surface area contributed by atoms with Crippen LogP contribution in [0.3, 0.4) is 0 Å². The molecule has 1 aliphatic rings. The molecule has 6 nitrogen and oxygen atoms in total. The van der Waals surface area contributed by atoms with Gasteiger partial charge in [-0.1, -0.05) is 12.1 Å². The van der Waals surface area contributed by atoms with Crippen molar-refractivity contribution < 1.29 is 8.42 Å². The molecule has 0 bridgehead atoms. The minimum absolute atomic E-state index is 0.0862. The van der Waals surface area contributed by atoms with Crippen LogP contribution in [0.2, 0.25) is 0 Å². The Kier molecular flexibility index (Phi) is 3.85. The smallest absolute Gasteiger partial charge is 0.242 e. The molecule has 0 radical (unpaired) electrons. The summed E-state index contributed by atoms with van der Waals surface area (Å²) in [7, 11) is -3.48. The van der Waals surface area contributed by atoms with Gasteiger partial charge in [-0.05, 0) is 37.1 Å². The lowest BCUT2D eigenvalue weighted by Gasteiger charge is -2.12. The Morgan fingerprint density at radius 3 is 2.67 bits per heavy atom. The molecule has 1 heterocycles. The molecular formula is C14H16N4O2S. The highest BCUT2D eigenvalue weighted by Crippen LogP contribution is 2.26. The van der Waals surface area contributed by atoms with Crippen LogP contribution in [0.1, 0.15) is 18.5 Å². The lowest BCUT2D eigenvalue weighted by atomic mass is 10.3. The second-order valence-corrected chi connectivity index (χ2v) is 6.64. The fraction of sp³-hybridized carbons (Fsp3) is 0.286. The maximum Gasteiger partial charge on any atom is 0.242 e. The molecule has 1 saturated carbocycles. The molecule has 3 rings (SSSR count). The van der Waals surface area contributed by atoms with Gasteiger partial charge in [-0.15, -0.1) is 0 Å². The van der Waals surface area contributed by atoms with E-state index in [4.69, 9.17) is 0 Å². The summed E-state index contributed by atoms with van der Waals surface area (Å²) in [5.74, 6) is 0. The van der Waals surface area contributed by atoms with E-state index in [2.05, 4.69) is 20.2 Å². The zero-order valence-electron chi connectivity index (χ0n) is 11.4. The molecule has 0 amide bonds. The molecule has 110 valence electrons. The van der Waals surface area contributed by atoms with E-state index >= 15 is 0 Å². The molecule has 1 aromatic carbocycles. The highest BCUT2D eigenvalue weighted by molar-refractivity contribution is 7.89. The average molecular weight is 304 g/mol. The zero-order chi connectivity index (χ0) is 14.7. The van der Waals surface area contributed by atoms with Crippen molar-refractivity contribution in [2.24, 2.45) is 0 Å². The van der Waals surface area contributed by atoms with Gasteiger partial charge in [-0.2, -0.15) is 10.2 Å². The first-order valence-electron chi connectivity index (χ1n) is 6.77. The molecule has 0 saturated heterocycles. The molecular weight excluding hydrogens is 288 g/mol. The van der Waals surface area contributed by atoms with E-state index in [0.29, 0.717) is 12.2 Å². The Morgan fingerprint density at radius 1 is 1.14 bits per heavy atom. The van der Waals surface area contributed by atoms with Gasteiger partial charge in [0.25, 0.3) is 0 Å². The van der Waals surface area contributed by atoms with Crippen LogP contribution in [0.25, 0.3) is 0 Å². The summed E-state index contributed by atoms with van der Waals surface area (Å²) < 4.78 is 27.4. The molecule has 1 fully saturated rings. The summed E-state index contributed by atoms with van der Waals surface area (Å²) in [5.41, 5.74) is 1.32. The average Bonchev–Trinajstić information content (AvgIpc) is 3.30. The minimum Gasteiger partial charge on any atom is -0.378 e. The molecule has 0 aliphatic heterocycles. The van der Waals surface area contributed by atoms with E-state index in [-0.39, 0.29) is 10.9 Å². The third-order valence-electron chi connectivity index (χ3n) is 3.16. The fourth-order valence-electron chi connectivity index (χ4n) is 1.94. The Balaban J connectivity index is 1.79. The van der Waals surface area contributed by atoms with E-state index in [1.807, 2.05) is 6.07 Å². The number of hydrogen-bond donors (Lipinski definition) is 2. The quantitative estimate of drug-likeness (QED) is 0.845. The van der Waals surface area contributed by atoms with Crippen molar-refractivity contribution in [3.05, 3.63) is 48.3 Å². The summed E-state index contributed by atoms with van der Waals surface area (Å²) >= 11 is 0. The summed E-state index contributed by atoms with van der Waals surface area (Å²) in [5, 5.41) is 10.9. The van der Waals surface area contributed by atoms with Crippen LogP contribution in [-0.2, 0) is 16.6 Å². The van der Waals surface area contributed by atoms with E-state index < -0.39 is 10.0 Å². The monoisotopic (exact) mass is 304 g/mol. The SMILES string of the molecule is O=S(=O)(NC1CC1)c1ccccc1NCc1cccnn1. The summed E-state index contributed by atoms with van der Waals surface area (Å²) in [6.07, 6.45) is 3.42. The van der Waals surface area contributed by atoms with Gasteiger partial charge in [-0.25, -0.2) is 13.1 Å². The van der Waals surface area contributed by atoms with Crippen LogP contribution < -0.4 is 10.0 Å². The normalized spacial score (nSPS) is 14.9. The van der Waals surface area contributed by atoms with Gasteiger partial charge in [-0.3, -0.25) is 0 Å². The minimum atomic E-state index is -3.48. The van der Waals surface area contributed by atoms with E-state index in [9.17, 15) is 8.42 Å². The lowest BCUT2D eigenvalue weighted by Crippen LogP contribution is -2.26. The number of para-hydroxylation sites is 1. The molecule has 21 heavy (non-hydrogen) atoms. The molecule has 0 atom stereocenters. The van der Waals surface area contributed by atoms with Crippen LogP contribution in [-0.4, -0.2) is 24.7 Å². The van der Waals surface area contributed by atoms with Gasteiger partial charge >= 0.3 is 0 Å². The lowest BCUT2D eigenvalue weighted by molar-refractivity contribution is 0.581. The highest BCUT2D eigenvalue weighted by atomic mass is 32.2. The van der Waals surface area contributed by atoms with Crippen LogP contribution in [0, 0.1) is 0 Å². The molecule has 0 unspecified atom stereocenters. The number of anilines is 1. The van der Waals surface area contributed by atoms with Gasteiger partial charge in [0.15, 0.2) is 0 Å². The number of hydrogen-bond acceptors (Lipinski definition) is 5. The predicted octanol–water partition coefficient (Wildman–Crippen LogP) is 1.53. The molecule has 1 aliphatic carbocycles. The maximum absolute atomic E-state index is 12.3. The van der Waals surface area contributed by atoms with Crippen molar-refractivity contribution in [2.75, 3.05) is 5.32 Å². The van der Waals surface area contributed by atoms with Crippen LogP contribution in [0.15, 0.2) is 47.5 Å². The molecule has 2 N–H and O–H groups in total. The van der Waals surface area contributed by atoms with Crippen molar-refractivity contribution in [3.8, 4) is 0 Å². The first-order valence-corrected chi connectivity index (χ1v) is 8.25. The van der Waals surface area contributed by atoms with Crippen LogP contribution in [0.5, 0.6) is 0 Å². The molecule has 1 aromatic heterocycles. The topological polar surface area (TPSA) is 84.0 Å². The maximum atomic E-state index is 12.3. The number of sulfonamides is 1. The Morgan fingerprint density at radius 2 is 1.95 bits per heavy atom. The number of rotatable bonds is 6. The summed E-state index contributed by atoms with van der Waals surface area (Å²) in [6.45, 7) is 0.420. The van der Waals surface area contributed by atoms with Crippen molar-refractivity contribution in [1.29, 1.82) is 0 Å². The second-order valence-electron chi connectivity index (χ2n) is 4.96. The molecule has 0 spiro atoms. The van der Waals surface area contributed by atoms with Crippen LogP contribution >= 0.6 is 0 Å². The highest BCUT2D eigenvalue weighted by Gasteiger charge is 2.29.